The highest BCUT2D eigenvalue weighted by molar-refractivity contribution is 6.06. The number of anilines is 1. The van der Waals surface area contributed by atoms with Gasteiger partial charge >= 0.3 is 0 Å². The summed E-state index contributed by atoms with van der Waals surface area (Å²) < 4.78 is 17.6. The van der Waals surface area contributed by atoms with Gasteiger partial charge in [-0.05, 0) is 24.3 Å². The van der Waals surface area contributed by atoms with Crippen molar-refractivity contribution in [2.75, 3.05) is 26.1 Å². The zero-order valence-electron chi connectivity index (χ0n) is 16.3. The molecule has 0 unspecified atom stereocenters. The predicted octanol–water partition coefficient (Wildman–Crippen LogP) is 0.353. The molecule has 0 spiro atoms. The molecule has 1 aliphatic heterocycles. The van der Waals surface area contributed by atoms with Crippen LogP contribution in [0.15, 0.2) is 36.9 Å². The molecule has 2 aromatic heterocycles. The van der Waals surface area contributed by atoms with E-state index in [9.17, 15) is 15.0 Å². The Hall–Kier alpha value is -3.12. The lowest BCUT2D eigenvalue weighted by Crippen LogP contribution is -2.35. The van der Waals surface area contributed by atoms with Crippen molar-refractivity contribution in [3.8, 4) is 5.75 Å². The summed E-state index contributed by atoms with van der Waals surface area (Å²) in [7, 11) is 2.98. The van der Waals surface area contributed by atoms with E-state index >= 15 is 0 Å². The zero-order chi connectivity index (χ0) is 21.3. The van der Waals surface area contributed by atoms with Crippen molar-refractivity contribution in [3.05, 3.63) is 42.5 Å². The maximum atomic E-state index is 12.6. The first-order valence-corrected chi connectivity index (χ1v) is 9.17. The van der Waals surface area contributed by atoms with E-state index in [0.717, 1.165) is 0 Å². The van der Waals surface area contributed by atoms with Crippen molar-refractivity contribution in [2.45, 2.75) is 24.5 Å². The van der Waals surface area contributed by atoms with E-state index in [0.29, 0.717) is 22.5 Å². The Morgan fingerprint density at radius 1 is 1.23 bits per heavy atom. The molecule has 11 heteroatoms. The summed E-state index contributed by atoms with van der Waals surface area (Å²) in [6.45, 7) is -0.309. The van der Waals surface area contributed by atoms with Crippen molar-refractivity contribution < 1.29 is 29.2 Å². The molecule has 0 bridgehead atoms. The first kappa shape index (κ1) is 20.2. The molecular formula is C19H21N5O6. The number of rotatable bonds is 6. The molecule has 11 nitrogen and oxygen atoms in total. The van der Waals surface area contributed by atoms with Gasteiger partial charge in [0.1, 0.15) is 30.4 Å². The van der Waals surface area contributed by atoms with Crippen molar-refractivity contribution in [1.29, 1.82) is 0 Å². The summed E-state index contributed by atoms with van der Waals surface area (Å²) in [5, 5.41) is 22.7. The van der Waals surface area contributed by atoms with Crippen LogP contribution in [0.1, 0.15) is 16.6 Å². The number of benzene rings is 1. The van der Waals surface area contributed by atoms with E-state index in [1.54, 1.807) is 31.4 Å². The van der Waals surface area contributed by atoms with Gasteiger partial charge in [-0.2, -0.15) is 0 Å². The van der Waals surface area contributed by atoms with E-state index in [-0.39, 0.29) is 18.3 Å². The Labute approximate surface area is 171 Å². The van der Waals surface area contributed by atoms with E-state index in [4.69, 9.17) is 14.2 Å². The largest absolute Gasteiger partial charge is 0.497 e. The van der Waals surface area contributed by atoms with E-state index in [1.807, 2.05) is 0 Å². The van der Waals surface area contributed by atoms with E-state index in [2.05, 4.69) is 20.3 Å². The van der Waals surface area contributed by atoms with Gasteiger partial charge < -0.3 is 29.7 Å². The number of hydrogen-bond acceptors (Lipinski definition) is 9. The molecule has 0 radical (unpaired) electrons. The average Bonchev–Trinajstić information content (AvgIpc) is 3.34. The number of aliphatic hydroxyl groups excluding tert-OH is 2. The monoisotopic (exact) mass is 415 g/mol. The number of carbonyl (C=O) groups excluding carboxylic acids is 1. The minimum atomic E-state index is -1.04. The molecule has 158 valence electrons. The summed E-state index contributed by atoms with van der Waals surface area (Å²) in [5.41, 5.74) is 1.11. The third-order valence-corrected chi connectivity index (χ3v) is 4.98. The number of ether oxygens (including phenoxy) is 3. The lowest BCUT2D eigenvalue weighted by atomic mass is 10.1. The molecule has 1 fully saturated rings. The minimum absolute atomic E-state index is 0.217. The van der Waals surface area contributed by atoms with Crippen molar-refractivity contribution in [2.24, 2.45) is 0 Å². The average molecular weight is 415 g/mol. The van der Waals surface area contributed by atoms with Gasteiger partial charge in [0.2, 0.25) is 0 Å². The zero-order valence-corrected chi connectivity index (χ0v) is 16.3. The highest BCUT2D eigenvalue weighted by Crippen LogP contribution is 2.33. The summed E-state index contributed by atoms with van der Waals surface area (Å²) in [6.07, 6.45) is -0.586. The third-order valence-electron chi connectivity index (χ3n) is 4.98. The summed E-state index contributed by atoms with van der Waals surface area (Å²) >= 11 is 0. The number of aliphatic hydroxyl groups is 2. The first-order chi connectivity index (χ1) is 14.6. The van der Waals surface area contributed by atoms with Crippen LogP contribution in [0.3, 0.4) is 0 Å². The second kappa shape index (κ2) is 8.32. The van der Waals surface area contributed by atoms with Gasteiger partial charge in [0.25, 0.3) is 5.91 Å². The Balaban J connectivity index is 1.61. The number of aromatic nitrogens is 4. The summed E-state index contributed by atoms with van der Waals surface area (Å²) in [5.74, 6) is 0.485. The van der Waals surface area contributed by atoms with Crippen LogP contribution in [0.4, 0.5) is 5.82 Å². The molecule has 3 heterocycles. The molecular weight excluding hydrogens is 394 g/mol. The second-order valence-electron chi connectivity index (χ2n) is 6.67. The third kappa shape index (κ3) is 3.48. The standard InChI is InChI=1S/C19H21N5O6/c1-28-11-5-3-10(4-6-11)18(27)23-16-13-17(21-8-20-16)24(9-22-13)19-14(26)15(29-2)12(7-25)30-19/h3-6,8-9,12,14-15,19,25-26H,7H2,1-2H3,(H,20,21,23,27)/t12-,14-,15-,19-/m1/s1. The van der Waals surface area contributed by atoms with Crippen molar-refractivity contribution in [3.63, 3.8) is 0 Å². The maximum absolute atomic E-state index is 12.6. The van der Waals surface area contributed by atoms with Crippen LogP contribution >= 0.6 is 0 Å². The molecule has 1 amide bonds. The summed E-state index contributed by atoms with van der Waals surface area (Å²) in [4.78, 5) is 25.2. The SMILES string of the molecule is COc1ccc(C(=O)Nc2ncnc3c2ncn3[C@@H]2O[C@H](CO)[C@@H](OC)[C@H]2O)cc1. The van der Waals surface area contributed by atoms with Crippen LogP contribution in [-0.4, -0.2) is 74.8 Å². The van der Waals surface area contributed by atoms with Gasteiger partial charge in [0, 0.05) is 12.7 Å². The number of amides is 1. The van der Waals surface area contributed by atoms with E-state index in [1.165, 1.54) is 24.3 Å². The number of nitrogens with one attached hydrogen (secondary N) is 1. The van der Waals surface area contributed by atoms with Crippen LogP contribution < -0.4 is 10.1 Å². The molecule has 30 heavy (non-hydrogen) atoms. The first-order valence-electron chi connectivity index (χ1n) is 9.17. The molecule has 1 aliphatic rings. The molecule has 1 aromatic carbocycles. The van der Waals surface area contributed by atoms with Gasteiger partial charge in [-0.25, -0.2) is 15.0 Å². The minimum Gasteiger partial charge on any atom is -0.497 e. The lowest BCUT2D eigenvalue weighted by Gasteiger charge is -2.17. The van der Waals surface area contributed by atoms with Crippen LogP contribution in [0, 0.1) is 0 Å². The molecule has 0 aliphatic carbocycles. The van der Waals surface area contributed by atoms with Crippen molar-refractivity contribution in [1.82, 2.24) is 19.5 Å². The van der Waals surface area contributed by atoms with Crippen molar-refractivity contribution >= 4 is 22.9 Å². The Bertz CT molecular complexity index is 1040. The van der Waals surface area contributed by atoms with E-state index < -0.39 is 24.5 Å². The molecule has 3 N–H and O–H groups in total. The second-order valence-corrected chi connectivity index (χ2v) is 6.67. The number of nitrogens with zero attached hydrogens (tertiary/aromatic N) is 4. The molecule has 4 rings (SSSR count). The number of carbonyl (C=O) groups is 1. The lowest BCUT2D eigenvalue weighted by molar-refractivity contribution is -0.0535. The fraction of sp³-hybridized carbons (Fsp3) is 0.368. The van der Waals surface area contributed by atoms with Gasteiger partial charge in [0.05, 0.1) is 20.0 Å². The highest BCUT2D eigenvalue weighted by Gasteiger charge is 2.45. The van der Waals surface area contributed by atoms with Crippen LogP contribution in [0.2, 0.25) is 0 Å². The normalized spacial score (nSPS) is 23.6. The Morgan fingerprint density at radius 3 is 2.63 bits per heavy atom. The number of hydrogen-bond donors (Lipinski definition) is 3. The smallest absolute Gasteiger partial charge is 0.256 e. The molecule has 1 saturated heterocycles. The van der Waals surface area contributed by atoms with Crippen LogP contribution in [0.25, 0.3) is 11.2 Å². The van der Waals surface area contributed by atoms with Gasteiger partial charge in [-0.1, -0.05) is 0 Å². The highest BCUT2D eigenvalue weighted by atomic mass is 16.6. The van der Waals surface area contributed by atoms with Gasteiger partial charge in [0.15, 0.2) is 23.2 Å². The van der Waals surface area contributed by atoms with Gasteiger partial charge in [-0.15, -0.1) is 0 Å². The molecule has 4 atom stereocenters. The van der Waals surface area contributed by atoms with Crippen LogP contribution in [-0.2, 0) is 9.47 Å². The fourth-order valence-electron chi connectivity index (χ4n) is 3.44. The maximum Gasteiger partial charge on any atom is 0.256 e. The topological polar surface area (TPSA) is 141 Å². The predicted molar refractivity (Wildman–Crippen MR) is 104 cm³/mol. The summed E-state index contributed by atoms with van der Waals surface area (Å²) in [6, 6.07) is 6.63. The Kier molecular flexibility index (Phi) is 5.59. The Morgan fingerprint density at radius 2 is 2.00 bits per heavy atom. The quantitative estimate of drug-likeness (QED) is 0.520. The van der Waals surface area contributed by atoms with Gasteiger partial charge in [-0.3, -0.25) is 9.36 Å². The molecule has 3 aromatic rings. The molecule has 0 saturated carbocycles. The van der Waals surface area contributed by atoms with Crippen LogP contribution in [0.5, 0.6) is 5.75 Å². The number of methoxy groups -OCH3 is 2. The number of imidazole rings is 1. The fourth-order valence-corrected chi connectivity index (χ4v) is 3.44. The number of fused-ring (bicyclic) bond motifs is 1.